The van der Waals surface area contributed by atoms with E-state index in [2.05, 4.69) is 19.9 Å². The SMILES string of the molecule is CC1=NC1C(=O)CC/C=C/Cc1nc(OCC(F)(F)F)nc(C2CC2c2cccc(C(F)(F)F)c2)n1. The van der Waals surface area contributed by atoms with Crippen LogP contribution in [0, 0.1) is 0 Å². The van der Waals surface area contributed by atoms with Crippen LogP contribution < -0.4 is 4.74 Å². The lowest BCUT2D eigenvalue weighted by Crippen LogP contribution is -2.21. The van der Waals surface area contributed by atoms with Gasteiger partial charge in [-0.2, -0.15) is 36.3 Å². The summed E-state index contributed by atoms with van der Waals surface area (Å²) in [5, 5.41) is 0. The molecule has 3 atom stereocenters. The molecule has 1 fully saturated rings. The first kappa shape index (κ1) is 25.8. The number of ether oxygens (including phenoxy) is 1. The van der Waals surface area contributed by atoms with Crippen LogP contribution in [0.1, 0.15) is 60.8 Å². The number of allylic oxidation sites excluding steroid dienone is 2. The maximum Gasteiger partial charge on any atom is 0.422 e. The molecular weight excluding hydrogens is 490 g/mol. The lowest BCUT2D eigenvalue weighted by molar-refractivity contribution is -0.154. The Labute approximate surface area is 202 Å². The second-order valence-corrected chi connectivity index (χ2v) is 8.72. The van der Waals surface area contributed by atoms with Gasteiger partial charge >= 0.3 is 18.4 Å². The lowest BCUT2D eigenvalue weighted by Gasteiger charge is -2.10. The minimum Gasteiger partial charge on any atom is -0.454 e. The Morgan fingerprint density at radius 3 is 2.50 bits per heavy atom. The first-order valence-corrected chi connectivity index (χ1v) is 11.2. The molecule has 1 saturated carbocycles. The van der Waals surface area contributed by atoms with E-state index in [1.54, 1.807) is 25.1 Å². The van der Waals surface area contributed by atoms with E-state index in [0.29, 0.717) is 24.8 Å². The molecule has 3 unspecified atom stereocenters. The Morgan fingerprint density at radius 2 is 1.83 bits per heavy atom. The zero-order valence-electron chi connectivity index (χ0n) is 19.1. The number of Topliss-reactive ketones (excluding diaryl/α,β-unsaturated/α-hetero) is 1. The third-order valence-electron chi connectivity index (χ3n) is 5.80. The highest BCUT2D eigenvalue weighted by molar-refractivity contribution is 6.17. The number of benzene rings is 1. The van der Waals surface area contributed by atoms with Crippen molar-refractivity contribution in [3.05, 3.63) is 59.2 Å². The number of carbonyl (C=O) groups is 1. The van der Waals surface area contributed by atoms with E-state index in [9.17, 15) is 31.1 Å². The summed E-state index contributed by atoms with van der Waals surface area (Å²) >= 11 is 0. The molecule has 0 amide bonds. The van der Waals surface area contributed by atoms with Crippen LogP contribution >= 0.6 is 0 Å². The van der Waals surface area contributed by atoms with Crippen LogP contribution in [0.15, 0.2) is 41.4 Å². The highest BCUT2D eigenvalue weighted by Gasteiger charge is 2.43. The number of nitrogens with zero attached hydrogens (tertiary/aromatic N) is 4. The third-order valence-corrected chi connectivity index (χ3v) is 5.80. The second-order valence-electron chi connectivity index (χ2n) is 8.72. The fourth-order valence-electron chi connectivity index (χ4n) is 3.82. The number of hydrogen-bond acceptors (Lipinski definition) is 6. The molecule has 12 heteroatoms. The number of carbonyl (C=O) groups excluding carboxylic acids is 1. The number of aliphatic imine (C=N–C) groups is 1. The van der Waals surface area contributed by atoms with Gasteiger partial charge in [0.25, 0.3) is 0 Å². The minimum absolute atomic E-state index is 0.0248. The number of hydrogen-bond donors (Lipinski definition) is 0. The van der Waals surface area contributed by atoms with E-state index in [0.717, 1.165) is 17.8 Å². The van der Waals surface area contributed by atoms with Gasteiger partial charge in [-0.25, -0.2) is 4.98 Å². The molecular formula is C24H22F6N4O2. The molecule has 0 spiro atoms. The fourth-order valence-corrected chi connectivity index (χ4v) is 3.82. The number of aromatic nitrogens is 3. The van der Waals surface area contributed by atoms with Crippen molar-refractivity contribution >= 4 is 11.5 Å². The quantitative estimate of drug-likeness (QED) is 0.315. The number of halogens is 6. The molecule has 6 nitrogen and oxygen atoms in total. The predicted octanol–water partition coefficient (Wildman–Crippen LogP) is 5.39. The van der Waals surface area contributed by atoms with Gasteiger partial charge in [-0.15, -0.1) is 0 Å². The Bertz CT molecular complexity index is 1190. The zero-order chi connectivity index (χ0) is 26.1. The van der Waals surface area contributed by atoms with Gasteiger partial charge < -0.3 is 4.74 Å². The van der Waals surface area contributed by atoms with Crippen molar-refractivity contribution in [2.45, 2.75) is 62.8 Å². The number of rotatable bonds is 10. The van der Waals surface area contributed by atoms with Crippen molar-refractivity contribution in [1.82, 2.24) is 15.0 Å². The van der Waals surface area contributed by atoms with E-state index in [1.165, 1.54) is 6.07 Å². The average Bonchev–Trinajstić information content (AvgIpc) is 3.72. The number of alkyl halides is 6. The molecule has 2 heterocycles. The first-order valence-electron chi connectivity index (χ1n) is 11.2. The maximum absolute atomic E-state index is 13.1. The fraction of sp³-hybridized carbons (Fsp3) is 0.458. The van der Waals surface area contributed by atoms with Gasteiger partial charge in [0.1, 0.15) is 17.7 Å². The third kappa shape index (κ3) is 6.88. The summed E-state index contributed by atoms with van der Waals surface area (Å²) < 4.78 is 81.8. The maximum atomic E-state index is 13.1. The van der Waals surface area contributed by atoms with Crippen molar-refractivity contribution < 1.29 is 35.9 Å². The van der Waals surface area contributed by atoms with Gasteiger partial charge in [0.05, 0.1) is 5.56 Å². The summed E-state index contributed by atoms with van der Waals surface area (Å²) in [5.74, 6) is -0.309. The summed E-state index contributed by atoms with van der Waals surface area (Å²) in [6, 6.07) is 4.13. The molecule has 1 aromatic heterocycles. The highest BCUT2D eigenvalue weighted by Crippen LogP contribution is 2.54. The van der Waals surface area contributed by atoms with Crippen molar-refractivity contribution in [2.75, 3.05) is 6.61 Å². The average molecular weight is 512 g/mol. The van der Waals surface area contributed by atoms with Crippen LogP contribution in [0.25, 0.3) is 0 Å². The van der Waals surface area contributed by atoms with Crippen LogP contribution in [0.5, 0.6) is 6.01 Å². The standard InChI is InChI=1S/C24H22F6N4O2/c1-13-20(31-13)18(35)8-3-2-4-9-19-32-21(34-22(33-19)36-12-23(25,26)27)17-11-16(17)14-6-5-7-15(10-14)24(28,29)30/h2,4-7,10,16-17,20H,3,8-9,11-12H2,1H3/b4-2+. The number of ketones is 1. The molecule has 192 valence electrons. The van der Waals surface area contributed by atoms with Crippen molar-refractivity contribution in [1.29, 1.82) is 0 Å². The minimum atomic E-state index is -4.59. The summed E-state index contributed by atoms with van der Waals surface area (Å²) in [6.45, 7) is 0.199. The Hall–Kier alpha value is -3.31. The normalized spacial score (nSPS) is 21.4. The van der Waals surface area contributed by atoms with Gasteiger partial charge in [0.2, 0.25) is 0 Å². The highest BCUT2D eigenvalue weighted by atomic mass is 19.4. The van der Waals surface area contributed by atoms with Crippen LogP contribution in [-0.4, -0.2) is 45.3 Å². The molecule has 36 heavy (non-hydrogen) atoms. The predicted molar refractivity (Wildman–Crippen MR) is 117 cm³/mol. The van der Waals surface area contributed by atoms with E-state index in [4.69, 9.17) is 4.74 Å². The molecule has 0 radical (unpaired) electrons. The van der Waals surface area contributed by atoms with Crippen LogP contribution in [-0.2, 0) is 17.4 Å². The summed E-state index contributed by atoms with van der Waals surface area (Å²) in [6.07, 6.45) is -4.26. The lowest BCUT2D eigenvalue weighted by atomic mass is 10.1. The van der Waals surface area contributed by atoms with Gasteiger partial charge in [-0.05, 0) is 37.3 Å². The molecule has 1 aromatic carbocycles. The van der Waals surface area contributed by atoms with Crippen LogP contribution in [0.2, 0.25) is 0 Å². The van der Waals surface area contributed by atoms with Gasteiger partial charge in [0, 0.05) is 24.5 Å². The second kappa shape index (κ2) is 9.98. The van der Waals surface area contributed by atoms with E-state index in [1.807, 2.05) is 0 Å². The molecule has 1 aliphatic heterocycles. The van der Waals surface area contributed by atoms with Crippen molar-refractivity contribution in [2.24, 2.45) is 4.99 Å². The van der Waals surface area contributed by atoms with E-state index >= 15 is 0 Å². The Balaban J connectivity index is 1.44. The Morgan fingerprint density at radius 1 is 1.08 bits per heavy atom. The van der Waals surface area contributed by atoms with Crippen LogP contribution in [0.4, 0.5) is 26.3 Å². The van der Waals surface area contributed by atoms with Gasteiger partial charge in [-0.1, -0.05) is 30.4 Å². The smallest absolute Gasteiger partial charge is 0.422 e. The first-order chi connectivity index (χ1) is 16.9. The van der Waals surface area contributed by atoms with Gasteiger partial charge in [-0.3, -0.25) is 9.79 Å². The molecule has 0 N–H and O–H groups in total. The molecule has 2 aliphatic rings. The van der Waals surface area contributed by atoms with Crippen molar-refractivity contribution in [3.8, 4) is 6.01 Å². The summed E-state index contributed by atoms with van der Waals surface area (Å²) in [7, 11) is 0. The largest absolute Gasteiger partial charge is 0.454 e. The molecule has 4 rings (SSSR count). The zero-order valence-corrected chi connectivity index (χ0v) is 19.1. The monoisotopic (exact) mass is 512 g/mol. The molecule has 1 aliphatic carbocycles. The Kier molecular flexibility index (Phi) is 7.14. The van der Waals surface area contributed by atoms with E-state index in [-0.39, 0.29) is 41.7 Å². The van der Waals surface area contributed by atoms with E-state index < -0.39 is 30.5 Å². The summed E-state index contributed by atoms with van der Waals surface area (Å²) in [5.41, 5.74) is 0.494. The topological polar surface area (TPSA) is 77.3 Å². The summed E-state index contributed by atoms with van der Waals surface area (Å²) in [4.78, 5) is 28.1. The van der Waals surface area contributed by atoms with Crippen LogP contribution in [0.3, 0.4) is 0 Å². The van der Waals surface area contributed by atoms with Gasteiger partial charge in [0.15, 0.2) is 12.4 Å². The molecule has 0 saturated heterocycles. The molecule has 2 aromatic rings. The molecule has 0 bridgehead atoms. The van der Waals surface area contributed by atoms with Crippen molar-refractivity contribution in [3.63, 3.8) is 0 Å².